The van der Waals surface area contributed by atoms with Gasteiger partial charge >= 0.3 is 5.97 Å². The minimum Gasteiger partial charge on any atom is -0.465 e. The quantitative estimate of drug-likeness (QED) is 0.715. The van der Waals surface area contributed by atoms with Crippen LogP contribution < -0.4 is 4.90 Å². The summed E-state index contributed by atoms with van der Waals surface area (Å²) in [5, 5.41) is 0. The second-order valence-electron chi connectivity index (χ2n) is 3.86. The molecule has 3 heteroatoms. The third-order valence-electron chi connectivity index (χ3n) is 2.32. The molecule has 0 amide bonds. The zero-order valence-electron chi connectivity index (χ0n) is 10.1. The number of rotatable bonds is 5. The van der Waals surface area contributed by atoms with Crippen molar-refractivity contribution in [1.29, 1.82) is 0 Å². The number of benzene rings is 1. The van der Waals surface area contributed by atoms with Gasteiger partial charge < -0.3 is 9.64 Å². The Morgan fingerprint density at radius 1 is 1.31 bits per heavy atom. The Morgan fingerprint density at radius 2 is 1.94 bits per heavy atom. The predicted molar refractivity (Wildman–Crippen MR) is 65.6 cm³/mol. The maximum absolute atomic E-state index is 11.5. The van der Waals surface area contributed by atoms with Gasteiger partial charge in [0.15, 0.2) is 0 Å². The Labute approximate surface area is 97.0 Å². The number of nitrogens with zero attached hydrogens (tertiary/aromatic N) is 1. The Morgan fingerprint density at radius 3 is 2.44 bits per heavy atom. The molecule has 0 N–H and O–H groups in total. The molecule has 0 aliphatic rings. The van der Waals surface area contributed by atoms with Crippen molar-refractivity contribution in [2.75, 3.05) is 18.1 Å². The summed E-state index contributed by atoms with van der Waals surface area (Å²) in [6.07, 6.45) is 0. The van der Waals surface area contributed by atoms with Gasteiger partial charge in [-0.05, 0) is 32.9 Å². The summed E-state index contributed by atoms with van der Waals surface area (Å²) in [5.41, 5.74) is 1.05. The summed E-state index contributed by atoms with van der Waals surface area (Å²) in [4.78, 5) is 13.5. The molecule has 0 fully saturated rings. The van der Waals surface area contributed by atoms with Gasteiger partial charge in [0.2, 0.25) is 0 Å². The summed E-state index contributed by atoms with van der Waals surface area (Å²) >= 11 is 0. The number of para-hydroxylation sites is 1. The van der Waals surface area contributed by atoms with Gasteiger partial charge in [-0.15, -0.1) is 0 Å². The van der Waals surface area contributed by atoms with Crippen LogP contribution in [0.3, 0.4) is 0 Å². The second-order valence-corrected chi connectivity index (χ2v) is 3.86. The van der Waals surface area contributed by atoms with Crippen LogP contribution in [0, 0.1) is 0 Å². The monoisotopic (exact) mass is 221 g/mol. The van der Waals surface area contributed by atoms with Crippen LogP contribution in [0.1, 0.15) is 20.8 Å². The van der Waals surface area contributed by atoms with Gasteiger partial charge in [0.1, 0.15) is 6.54 Å². The smallest absolute Gasteiger partial charge is 0.325 e. The average molecular weight is 221 g/mol. The molecule has 0 aromatic heterocycles. The Bertz CT molecular complexity index is 322. The molecular formula is C13H19NO2. The topological polar surface area (TPSA) is 29.5 Å². The fraction of sp³-hybridized carbons (Fsp3) is 0.462. The lowest BCUT2D eigenvalue weighted by Crippen LogP contribution is -2.36. The minimum atomic E-state index is -0.181. The number of anilines is 1. The number of hydrogen-bond donors (Lipinski definition) is 0. The van der Waals surface area contributed by atoms with Crippen molar-refractivity contribution in [2.24, 2.45) is 0 Å². The first kappa shape index (κ1) is 12.6. The zero-order chi connectivity index (χ0) is 12.0. The van der Waals surface area contributed by atoms with Gasteiger partial charge in [-0.3, -0.25) is 4.79 Å². The number of carbonyl (C=O) groups is 1. The molecule has 1 rings (SSSR count). The number of esters is 1. The molecule has 3 nitrogen and oxygen atoms in total. The highest BCUT2D eigenvalue weighted by atomic mass is 16.5. The van der Waals surface area contributed by atoms with Gasteiger partial charge in [-0.25, -0.2) is 0 Å². The molecule has 0 aliphatic heterocycles. The third kappa shape index (κ3) is 3.57. The maximum atomic E-state index is 11.5. The lowest BCUT2D eigenvalue weighted by Gasteiger charge is -2.27. The van der Waals surface area contributed by atoms with Crippen LogP contribution >= 0.6 is 0 Å². The second kappa shape index (κ2) is 6.16. The van der Waals surface area contributed by atoms with Crippen molar-refractivity contribution in [1.82, 2.24) is 0 Å². The van der Waals surface area contributed by atoms with Crippen LogP contribution in [-0.4, -0.2) is 25.2 Å². The normalized spacial score (nSPS) is 10.2. The number of ether oxygens (including phenoxy) is 1. The van der Waals surface area contributed by atoms with Crippen molar-refractivity contribution in [3.05, 3.63) is 30.3 Å². The summed E-state index contributed by atoms with van der Waals surface area (Å²) in [7, 11) is 0. The molecule has 0 atom stereocenters. The Kier molecular flexibility index (Phi) is 4.83. The van der Waals surface area contributed by atoms with Crippen LogP contribution in [-0.2, 0) is 9.53 Å². The van der Waals surface area contributed by atoms with Gasteiger partial charge in [-0.1, -0.05) is 18.2 Å². The minimum absolute atomic E-state index is 0.181. The number of carbonyl (C=O) groups excluding carboxylic acids is 1. The summed E-state index contributed by atoms with van der Waals surface area (Å²) in [5.74, 6) is -0.181. The molecule has 0 spiro atoms. The predicted octanol–water partition coefficient (Wildman–Crippen LogP) is 2.46. The van der Waals surface area contributed by atoms with E-state index in [4.69, 9.17) is 4.74 Å². The first-order valence-corrected chi connectivity index (χ1v) is 5.62. The van der Waals surface area contributed by atoms with Gasteiger partial charge in [-0.2, -0.15) is 0 Å². The van der Waals surface area contributed by atoms with Crippen LogP contribution in [0.5, 0.6) is 0 Å². The fourth-order valence-corrected chi connectivity index (χ4v) is 1.54. The molecule has 0 saturated carbocycles. The van der Waals surface area contributed by atoms with Crippen molar-refractivity contribution in [2.45, 2.75) is 26.8 Å². The average Bonchev–Trinajstić information content (AvgIpc) is 2.27. The van der Waals surface area contributed by atoms with Crippen LogP contribution in [0.2, 0.25) is 0 Å². The fourth-order valence-electron chi connectivity index (χ4n) is 1.54. The summed E-state index contributed by atoms with van der Waals surface area (Å²) < 4.78 is 4.96. The van der Waals surface area contributed by atoms with E-state index in [1.54, 1.807) is 0 Å². The highest BCUT2D eigenvalue weighted by molar-refractivity contribution is 5.76. The van der Waals surface area contributed by atoms with Crippen molar-refractivity contribution in [3.8, 4) is 0 Å². The summed E-state index contributed by atoms with van der Waals surface area (Å²) in [6, 6.07) is 10.2. The molecular weight excluding hydrogens is 202 g/mol. The maximum Gasteiger partial charge on any atom is 0.325 e. The third-order valence-corrected chi connectivity index (χ3v) is 2.32. The van der Waals surface area contributed by atoms with Crippen LogP contribution in [0.4, 0.5) is 5.69 Å². The molecule has 0 heterocycles. The first-order valence-electron chi connectivity index (χ1n) is 5.62. The Balaban J connectivity index is 2.73. The van der Waals surface area contributed by atoms with Crippen LogP contribution in [0.25, 0.3) is 0 Å². The van der Waals surface area contributed by atoms with Crippen molar-refractivity contribution in [3.63, 3.8) is 0 Å². The van der Waals surface area contributed by atoms with E-state index >= 15 is 0 Å². The zero-order valence-corrected chi connectivity index (χ0v) is 10.1. The van der Waals surface area contributed by atoms with Crippen molar-refractivity contribution >= 4 is 11.7 Å². The van der Waals surface area contributed by atoms with E-state index in [0.717, 1.165) is 5.69 Å². The molecule has 1 aromatic carbocycles. The Hall–Kier alpha value is -1.51. The van der Waals surface area contributed by atoms with Gasteiger partial charge in [0, 0.05) is 11.7 Å². The van der Waals surface area contributed by atoms with E-state index < -0.39 is 0 Å². The summed E-state index contributed by atoms with van der Waals surface area (Å²) in [6.45, 7) is 6.67. The molecule has 0 aliphatic carbocycles. The largest absolute Gasteiger partial charge is 0.465 e. The molecule has 0 radical (unpaired) electrons. The van der Waals surface area contributed by atoms with E-state index in [2.05, 4.69) is 13.8 Å². The van der Waals surface area contributed by atoms with E-state index in [9.17, 15) is 4.79 Å². The van der Waals surface area contributed by atoms with E-state index in [-0.39, 0.29) is 12.0 Å². The standard InChI is InChI=1S/C13H19NO2/c1-4-16-13(15)10-14(11(2)3)12-8-6-5-7-9-12/h5-9,11H,4,10H2,1-3H3. The van der Waals surface area contributed by atoms with Crippen molar-refractivity contribution < 1.29 is 9.53 Å². The van der Waals surface area contributed by atoms with Crippen LogP contribution in [0.15, 0.2) is 30.3 Å². The highest BCUT2D eigenvalue weighted by Crippen LogP contribution is 2.15. The molecule has 0 unspecified atom stereocenters. The SMILES string of the molecule is CCOC(=O)CN(c1ccccc1)C(C)C. The van der Waals surface area contributed by atoms with E-state index in [1.165, 1.54) is 0 Å². The highest BCUT2D eigenvalue weighted by Gasteiger charge is 2.14. The van der Waals surface area contributed by atoms with Gasteiger partial charge in [0.25, 0.3) is 0 Å². The van der Waals surface area contributed by atoms with Gasteiger partial charge in [0.05, 0.1) is 6.61 Å². The van der Waals surface area contributed by atoms with E-state index in [0.29, 0.717) is 13.2 Å². The molecule has 16 heavy (non-hydrogen) atoms. The molecule has 0 bridgehead atoms. The lowest BCUT2D eigenvalue weighted by molar-refractivity contribution is -0.141. The molecule has 88 valence electrons. The first-order chi connectivity index (χ1) is 7.65. The lowest BCUT2D eigenvalue weighted by atomic mass is 10.2. The van der Waals surface area contributed by atoms with E-state index in [1.807, 2.05) is 42.2 Å². The molecule has 0 saturated heterocycles. The number of hydrogen-bond acceptors (Lipinski definition) is 3. The molecule has 1 aromatic rings.